The highest BCUT2D eigenvalue weighted by atomic mass is 32.2. The minimum absolute atomic E-state index is 0.853. The van der Waals surface area contributed by atoms with Gasteiger partial charge in [0.1, 0.15) is 0 Å². The lowest BCUT2D eigenvalue weighted by Gasteiger charge is -2.26. The molecule has 0 spiro atoms. The van der Waals surface area contributed by atoms with Crippen LogP contribution < -0.4 is 0 Å². The van der Waals surface area contributed by atoms with Crippen molar-refractivity contribution < 1.29 is 0 Å². The fourth-order valence-corrected chi connectivity index (χ4v) is 3.91. The van der Waals surface area contributed by atoms with Gasteiger partial charge in [-0.2, -0.15) is 0 Å². The fourth-order valence-electron chi connectivity index (χ4n) is 2.98. The number of thioether (sulfide) groups is 1. The van der Waals surface area contributed by atoms with Gasteiger partial charge in [-0.15, -0.1) is 0 Å². The predicted octanol–water partition coefficient (Wildman–Crippen LogP) is 6.21. The molecule has 1 saturated carbocycles. The molecule has 0 aromatic heterocycles. The maximum absolute atomic E-state index is 5.16. The Kier molecular flexibility index (Phi) is 6.19. The van der Waals surface area contributed by atoms with Gasteiger partial charge in [0, 0.05) is 18.0 Å². The second-order valence-corrected chi connectivity index (χ2v) is 7.98. The van der Waals surface area contributed by atoms with E-state index in [9.17, 15) is 0 Å². The molecule has 1 fully saturated rings. The standard InChI is InChI=1S/C22H28N2S/c1-4-15-24(16-19-13-14-19)22(25-20-11-6-5-7-12-20)23-21-17(2)9-8-10-18(21)3/h5-12,19H,4,13-16H2,1-3H3. The number of aliphatic imine (C=N–C) groups is 1. The summed E-state index contributed by atoms with van der Waals surface area (Å²) in [5.74, 6) is 0.853. The van der Waals surface area contributed by atoms with Crippen molar-refractivity contribution in [3.63, 3.8) is 0 Å². The largest absolute Gasteiger partial charge is 0.351 e. The summed E-state index contributed by atoms with van der Waals surface area (Å²) in [7, 11) is 0. The van der Waals surface area contributed by atoms with E-state index >= 15 is 0 Å². The van der Waals surface area contributed by atoms with Gasteiger partial charge in [-0.25, -0.2) is 4.99 Å². The van der Waals surface area contributed by atoms with E-state index in [0.717, 1.165) is 36.3 Å². The van der Waals surface area contributed by atoms with Crippen LogP contribution in [0.15, 0.2) is 58.4 Å². The summed E-state index contributed by atoms with van der Waals surface area (Å²) < 4.78 is 0. The maximum Gasteiger partial charge on any atom is 0.169 e. The monoisotopic (exact) mass is 352 g/mol. The van der Waals surface area contributed by atoms with Gasteiger partial charge in [0.25, 0.3) is 0 Å². The lowest BCUT2D eigenvalue weighted by molar-refractivity contribution is 0.406. The van der Waals surface area contributed by atoms with Crippen LogP contribution in [-0.2, 0) is 0 Å². The molecule has 2 aromatic carbocycles. The van der Waals surface area contributed by atoms with E-state index < -0.39 is 0 Å². The number of hydrogen-bond acceptors (Lipinski definition) is 2. The highest BCUT2D eigenvalue weighted by Gasteiger charge is 2.26. The van der Waals surface area contributed by atoms with Gasteiger partial charge in [0.2, 0.25) is 0 Å². The number of hydrogen-bond donors (Lipinski definition) is 0. The third-order valence-corrected chi connectivity index (χ3v) is 5.58. The summed E-state index contributed by atoms with van der Waals surface area (Å²) >= 11 is 1.79. The molecule has 1 aliphatic rings. The number of benzene rings is 2. The zero-order chi connectivity index (χ0) is 17.6. The Bertz CT molecular complexity index is 700. The molecule has 2 aromatic rings. The van der Waals surface area contributed by atoms with Crippen molar-refractivity contribution in [2.24, 2.45) is 10.9 Å². The SMILES string of the molecule is CCCN(CC1CC1)C(=Nc1c(C)cccc1C)Sc1ccccc1. The average Bonchev–Trinajstić information content (AvgIpc) is 3.42. The minimum Gasteiger partial charge on any atom is -0.351 e. The van der Waals surface area contributed by atoms with Crippen LogP contribution in [0.5, 0.6) is 0 Å². The molecule has 3 rings (SSSR count). The predicted molar refractivity (Wildman–Crippen MR) is 110 cm³/mol. The molecule has 1 aliphatic carbocycles. The van der Waals surface area contributed by atoms with Crippen molar-refractivity contribution in [2.75, 3.05) is 13.1 Å². The van der Waals surface area contributed by atoms with Crippen LogP contribution in [0.25, 0.3) is 0 Å². The number of para-hydroxylation sites is 1. The molecule has 132 valence electrons. The van der Waals surface area contributed by atoms with Crippen molar-refractivity contribution in [1.29, 1.82) is 0 Å². The second kappa shape index (κ2) is 8.57. The van der Waals surface area contributed by atoms with Crippen LogP contribution in [0.1, 0.15) is 37.3 Å². The molecular weight excluding hydrogens is 324 g/mol. The van der Waals surface area contributed by atoms with E-state index in [1.807, 2.05) is 0 Å². The summed E-state index contributed by atoms with van der Waals surface area (Å²) in [6.45, 7) is 8.77. The number of nitrogens with zero attached hydrogens (tertiary/aromatic N) is 2. The summed E-state index contributed by atoms with van der Waals surface area (Å²) in [5, 5.41) is 1.14. The smallest absolute Gasteiger partial charge is 0.169 e. The van der Waals surface area contributed by atoms with Gasteiger partial charge in [-0.05, 0) is 62.3 Å². The lowest BCUT2D eigenvalue weighted by Crippen LogP contribution is -2.31. The molecule has 0 radical (unpaired) electrons. The molecule has 0 N–H and O–H groups in total. The molecule has 0 aliphatic heterocycles. The first-order valence-corrected chi connectivity index (χ1v) is 10.1. The Morgan fingerprint density at radius 1 is 1.04 bits per heavy atom. The van der Waals surface area contributed by atoms with Crippen LogP contribution >= 0.6 is 11.8 Å². The topological polar surface area (TPSA) is 15.6 Å². The van der Waals surface area contributed by atoms with Crippen molar-refractivity contribution in [1.82, 2.24) is 4.90 Å². The Hall–Kier alpha value is -1.74. The van der Waals surface area contributed by atoms with Gasteiger partial charge < -0.3 is 4.90 Å². The van der Waals surface area contributed by atoms with Gasteiger partial charge >= 0.3 is 0 Å². The van der Waals surface area contributed by atoms with Crippen molar-refractivity contribution in [3.05, 3.63) is 59.7 Å². The molecule has 0 atom stereocenters. The summed E-state index contributed by atoms with van der Waals surface area (Å²) in [5.41, 5.74) is 3.61. The molecule has 3 heteroatoms. The van der Waals surface area contributed by atoms with E-state index in [2.05, 4.69) is 74.2 Å². The van der Waals surface area contributed by atoms with E-state index in [1.165, 1.54) is 28.9 Å². The molecule has 2 nitrogen and oxygen atoms in total. The van der Waals surface area contributed by atoms with Gasteiger partial charge in [0.15, 0.2) is 5.17 Å². The van der Waals surface area contributed by atoms with E-state index in [0.29, 0.717) is 0 Å². The van der Waals surface area contributed by atoms with Crippen molar-refractivity contribution >= 4 is 22.6 Å². The Balaban J connectivity index is 1.95. The number of rotatable bonds is 6. The van der Waals surface area contributed by atoms with Gasteiger partial charge in [-0.1, -0.05) is 55.1 Å². The van der Waals surface area contributed by atoms with E-state index in [-0.39, 0.29) is 0 Å². The summed E-state index contributed by atoms with van der Waals surface area (Å²) in [4.78, 5) is 8.91. The highest BCUT2D eigenvalue weighted by Crippen LogP contribution is 2.33. The normalized spacial score (nSPS) is 14.6. The number of amidine groups is 1. The maximum atomic E-state index is 5.16. The second-order valence-electron chi connectivity index (χ2n) is 6.94. The highest BCUT2D eigenvalue weighted by molar-refractivity contribution is 8.13. The van der Waals surface area contributed by atoms with Crippen LogP contribution in [0, 0.1) is 19.8 Å². The summed E-state index contributed by atoms with van der Waals surface area (Å²) in [6.07, 6.45) is 3.88. The molecule has 0 saturated heterocycles. The van der Waals surface area contributed by atoms with Crippen LogP contribution in [0.4, 0.5) is 5.69 Å². The minimum atomic E-state index is 0.853. The molecule has 0 bridgehead atoms. The number of aryl methyl sites for hydroxylation is 2. The van der Waals surface area contributed by atoms with Crippen molar-refractivity contribution in [2.45, 2.75) is 44.9 Å². The first kappa shape index (κ1) is 18.1. The quantitative estimate of drug-likeness (QED) is 0.349. The zero-order valence-electron chi connectivity index (χ0n) is 15.5. The molecular formula is C22H28N2S. The molecule has 25 heavy (non-hydrogen) atoms. The Morgan fingerprint density at radius 3 is 2.32 bits per heavy atom. The molecule has 0 amide bonds. The lowest BCUT2D eigenvalue weighted by atomic mass is 10.1. The van der Waals surface area contributed by atoms with Gasteiger partial charge in [-0.3, -0.25) is 0 Å². The van der Waals surface area contributed by atoms with Crippen LogP contribution in [-0.4, -0.2) is 23.2 Å². The Labute approximate surface area is 156 Å². The van der Waals surface area contributed by atoms with Crippen LogP contribution in [0.2, 0.25) is 0 Å². The first-order chi connectivity index (χ1) is 12.2. The Morgan fingerprint density at radius 2 is 1.72 bits per heavy atom. The third kappa shape index (κ3) is 5.12. The summed E-state index contributed by atoms with van der Waals surface area (Å²) in [6, 6.07) is 17.0. The average molecular weight is 353 g/mol. The van der Waals surface area contributed by atoms with Gasteiger partial charge in [0.05, 0.1) is 5.69 Å². The van der Waals surface area contributed by atoms with Crippen molar-refractivity contribution in [3.8, 4) is 0 Å². The third-order valence-electron chi connectivity index (χ3n) is 4.54. The van der Waals surface area contributed by atoms with E-state index in [4.69, 9.17) is 4.99 Å². The first-order valence-electron chi connectivity index (χ1n) is 9.30. The molecule has 0 heterocycles. The fraction of sp³-hybridized carbons (Fsp3) is 0.409. The van der Waals surface area contributed by atoms with E-state index in [1.54, 1.807) is 11.8 Å². The van der Waals surface area contributed by atoms with Crippen LogP contribution in [0.3, 0.4) is 0 Å². The zero-order valence-corrected chi connectivity index (χ0v) is 16.4. The molecule has 0 unspecified atom stereocenters.